The van der Waals surface area contributed by atoms with Gasteiger partial charge in [-0.25, -0.2) is 13.8 Å². The number of hydrogen-bond acceptors (Lipinski definition) is 3. The van der Waals surface area contributed by atoms with Crippen molar-refractivity contribution >= 4 is 17.0 Å². The molecular formula is C20H18F2N2OS. The first-order valence-corrected chi connectivity index (χ1v) is 9.44. The maximum absolute atomic E-state index is 14.3. The zero-order valence-corrected chi connectivity index (χ0v) is 14.9. The molecule has 0 saturated carbocycles. The molecule has 26 heavy (non-hydrogen) atoms. The van der Waals surface area contributed by atoms with Gasteiger partial charge in [-0.1, -0.05) is 12.1 Å². The minimum absolute atomic E-state index is 0.0993. The zero-order valence-electron chi connectivity index (χ0n) is 14.1. The van der Waals surface area contributed by atoms with Crippen molar-refractivity contribution in [2.45, 2.75) is 25.5 Å². The molecule has 1 aliphatic rings. The zero-order chi connectivity index (χ0) is 17.9. The van der Waals surface area contributed by atoms with Crippen molar-refractivity contribution in [1.82, 2.24) is 4.57 Å². The Balaban J connectivity index is 1.81. The second kappa shape index (κ2) is 7.51. The maximum Gasteiger partial charge on any atom is 0.190 e. The first-order chi connectivity index (χ1) is 12.7. The number of ether oxygens (including phenoxy) is 1. The highest BCUT2D eigenvalue weighted by Gasteiger charge is 2.20. The van der Waals surface area contributed by atoms with Crippen LogP contribution in [0.4, 0.5) is 14.5 Å². The number of aromatic nitrogens is 1. The van der Waals surface area contributed by atoms with Crippen LogP contribution < -0.4 is 4.80 Å². The standard InChI is InChI=1S/C20H18F2N2OS/c21-14-7-9-15(10-8-14)23-20-24(12-16-4-3-11-25-16)19(13-26-20)17-5-1-2-6-18(17)22/h1-2,5-10,13,16H,3-4,11-12H2/t16-/m1/s1. The Hall–Kier alpha value is -2.31. The lowest BCUT2D eigenvalue weighted by Gasteiger charge is -2.14. The summed E-state index contributed by atoms with van der Waals surface area (Å²) in [6.45, 7) is 1.38. The number of hydrogen-bond donors (Lipinski definition) is 0. The lowest BCUT2D eigenvalue weighted by molar-refractivity contribution is 0.0967. The summed E-state index contributed by atoms with van der Waals surface area (Å²) < 4.78 is 35.2. The van der Waals surface area contributed by atoms with Crippen molar-refractivity contribution in [3.8, 4) is 11.3 Å². The molecule has 6 heteroatoms. The molecule has 1 saturated heterocycles. The van der Waals surface area contributed by atoms with Crippen molar-refractivity contribution in [2.24, 2.45) is 4.99 Å². The van der Waals surface area contributed by atoms with Crippen molar-refractivity contribution in [1.29, 1.82) is 0 Å². The van der Waals surface area contributed by atoms with E-state index in [4.69, 9.17) is 4.74 Å². The Morgan fingerprint density at radius 3 is 2.65 bits per heavy atom. The van der Waals surface area contributed by atoms with Crippen LogP contribution in [-0.4, -0.2) is 17.3 Å². The first-order valence-electron chi connectivity index (χ1n) is 8.56. The predicted octanol–water partition coefficient (Wildman–Crippen LogP) is 4.91. The Bertz CT molecular complexity index is 956. The van der Waals surface area contributed by atoms with Crippen LogP contribution in [-0.2, 0) is 11.3 Å². The van der Waals surface area contributed by atoms with E-state index in [1.807, 2.05) is 16.0 Å². The molecule has 1 aliphatic heterocycles. The lowest BCUT2D eigenvalue weighted by Crippen LogP contribution is -2.24. The van der Waals surface area contributed by atoms with Crippen LogP contribution in [0.15, 0.2) is 58.9 Å². The molecule has 1 fully saturated rings. The fourth-order valence-corrected chi connectivity index (χ4v) is 4.03. The Morgan fingerprint density at radius 2 is 1.92 bits per heavy atom. The quantitative estimate of drug-likeness (QED) is 0.639. The molecule has 1 atom stereocenters. The average molecular weight is 372 g/mol. The van der Waals surface area contributed by atoms with Crippen molar-refractivity contribution in [2.75, 3.05) is 6.61 Å². The van der Waals surface area contributed by atoms with Gasteiger partial charge in [0, 0.05) is 17.6 Å². The fraction of sp³-hybridized carbons (Fsp3) is 0.250. The van der Waals surface area contributed by atoms with Crippen LogP contribution in [0.25, 0.3) is 11.3 Å². The van der Waals surface area contributed by atoms with Gasteiger partial charge in [0.25, 0.3) is 0 Å². The molecule has 4 rings (SSSR count). The molecule has 0 spiro atoms. The third kappa shape index (κ3) is 3.61. The highest BCUT2D eigenvalue weighted by atomic mass is 32.1. The molecule has 0 amide bonds. The second-order valence-electron chi connectivity index (χ2n) is 6.22. The molecule has 134 valence electrons. The van der Waals surface area contributed by atoms with E-state index in [2.05, 4.69) is 4.99 Å². The summed E-state index contributed by atoms with van der Waals surface area (Å²) in [5.74, 6) is -0.561. The molecule has 3 nitrogen and oxygen atoms in total. The molecule has 2 heterocycles. The minimum atomic E-state index is -0.297. The summed E-state index contributed by atoms with van der Waals surface area (Å²) in [5, 5.41) is 1.91. The van der Waals surface area contributed by atoms with Crippen LogP contribution in [0.1, 0.15) is 12.8 Å². The topological polar surface area (TPSA) is 26.5 Å². The van der Waals surface area contributed by atoms with E-state index >= 15 is 0 Å². The van der Waals surface area contributed by atoms with Crippen LogP contribution >= 0.6 is 11.3 Å². The molecule has 0 N–H and O–H groups in total. The van der Waals surface area contributed by atoms with E-state index in [9.17, 15) is 8.78 Å². The van der Waals surface area contributed by atoms with Gasteiger partial charge in [-0.05, 0) is 49.2 Å². The second-order valence-corrected chi connectivity index (χ2v) is 7.05. The molecule has 1 aromatic heterocycles. The maximum atomic E-state index is 14.3. The van der Waals surface area contributed by atoms with E-state index < -0.39 is 0 Å². The third-order valence-electron chi connectivity index (χ3n) is 4.41. The number of halogens is 2. The highest BCUT2D eigenvalue weighted by Crippen LogP contribution is 2.25. The average Bonchev–Trinajstić information content (AvgIpc) is 3.29. The van der Waals surface area contributed by atoms with E-state index in [1.54, 1.807) is 24.3 Å². The summed E-state index contributed by atoms with van der Waals surface area (Å²) >= 11 is 1.44. The molecule has 0 bridgehead atoms. The van der Waals surface area contributed by atoms with Gasteiger partial charge in [-0.3, -0.25) is 0 Å². The number of thiazole rings is 1. The van der Waals surface area contributed by atoms with Crippen LogP contribution in [0.3, 0.4) is 0 Å². The van der Waals surface area contributed by atoms with Crippen molar-refractivity contribution in [3.05, 3.63) is 70.3 Å². The molecule has 2 aromatic carbocycles. The van der Waals surface area contributed by atoms with Crippen molar-refractivity contribution in [3.63, 3.8) is 0 Å². The van der Waals surface area contributed by atoms with Gasteiger partial charge in [-0.15, -0.1) is 11.3 Å². The van der Waals surface area contributed by atoms with Gasteiger partial charge in [-0.2, -0.15) is 0 Å². The van der Waals surface area contributed by atoms with Crippen molar-refractivity contribution < 1.29 is 13.5 Å². The van der Waals surface area contributed by atoms with E-state index in [0.717, 1.165) is 29.9 Å². The first kappa shape index (κ1) is 17.1. The monoisotopic (exact) mass is 372 g/mol. The normalized spacial score (nSPS) is 17.8. The minimum Gasteiger partial charge on any atom is -0.376 e. The predicted molar refractivity (Wildman–Crippen MR) is 98.3 cm³/mol. The van der Waals surface area contributed by atoms with Crippen LogP contribution in [0, 0.1) is 11.6 Å². The molecule has 0 aliphatic carbocycles. The van der Waals surface area contributed by atoms with Crippen LogP contribution in [0.5, 0.6) is 0 Å². The third-order valence-corrected chi connectivity index (χ3v) is 5.27. The number of nitrogens with zero attached hydrogens (tertiary/aromatic N) is 2. The summed E-state index contributed by atoms with van der Waals surface area (Å²) in [6, 6.07) is 12.8. The van der Waals surface area contributed by atoms with Gasteiger partial charge in [0.05, 0.1) is 24.0 Å². The lowest BCUT2D eigenvalue weighted by atomic mass is 10.1. The van der Waals surface area contributed by atoms with E-state index in [0.29, 0.717) is 17.8 Å². The van der Waals surface area contributed by atoms with Gasteiger partial charge < -0.3 is 9.30 Å². The smallest absolute Gasteiger partial charge is 0.190 e. The Morgan fingerprint density at radius 1 is 1.12 bits per heavy atom. The SMILES string of the molecule is Fc1ccc(N=c2scc(-c3ccccc3F)n2C[C@H]2CCCO2)cc1. The van der Waals surface area contributed by atoms with Gasteiger partial charge >= 0.3 is 0 Å². The van der Waals surface area contributed by atoms with E-state index in [1.165, 1.54) is 29.5 Å². The number of benzene rings is 2. The van der Waals surface area contributed by atoms with E-state index in [-0.39, 0.29) is 17.7 Å². The summed E-state index contributed by atoms with van der Waals surface area (Å²) in [7, 11) is 0. The molecule has 0 unspecified atom stereocenters. The Labute approximate surface area is 154 Å². The van der Waals surface area contributed by atoms with Gasteiger partial charge in [0.15, 0.2) is 4.80 Å². The summed E-state index contributed by atoms with van der Waals surface area (Å²) in [4.78, 5) is 5.38. The van der Waals surface area contributed by atoms with Gasteiger partial charge in [0.1, 0.15) is 11.6 Å². The highest BCUT2D eigenvalue weighted by molar-refractivity contribution is 7.07. The molecular weight excluding hydrogens is 354 g/mol. The Kier molecular flexibility index (Phi) is 4.95. The number of rotatable bonds is 4. The molecule has 3 aromatic rings. The fourth-order valence-electron chi connectivity index (χ4n) is 3.10. The largest absolute Gasteiger partial charge is 0.376 e. The molecule has 0 radical (unpaired) electrons. The van der Waals surface area contributed by atoms with Gasteiger partial charge in [0.2, 0.25) is 0 Å². The summed E-state index contributed by atoms with van der Waals surface area (Å²) in [6.07, 6.45) is 2.12. The van der Waals surface area contributed by atoms with Crippen LogP contribution in [0.2, 0.25) is 0 Å². The summed E-state index contributed by atoms with van der Waals surface area (Å²) in [5.41, 5.74) is 1.99.